The van der Waals surface area contributed by atoms with E-state index in [1.165, 1.54) is 4.68 Å². The fraction of sp³-hybridized carbons (Fsp3) is 0.571. The van der Waals surface area contributed by atoms with Crippen LogP contribution in [0, 0.1) is 0 Å². The molecule has 0 saturated heterocycles. The second-order valence-corrected chi connectivity index (χ2v) is 2.92. The van der Waals surface area contributed by atoms with Crippen LogP contribution >= 0.6 is 0 Å². The van der Waals surface area contributed by atoms with Crippen molar-refractivity contribution in [2.75, 3.05) is 0 Å². The van der Waals surface area contributed by atoms with Crippen molar-refractivity contribution in [2.24, 2.45) is 0 Å². The Kier molecular flexibility index (Phi) is 1.56. The molecule has 1 aromatic heterocycles. The number of aryl methyl sites for hydroxylation is 1. The molecule has 0 amide bonds. The zero-order valence-electron chi connectivity index (χ0n) is 6.47. The van der Waals surface area contributed by atoms with E-state index >= 15 is 0 Å². The minimum atomic E-state index is -0.818. The third-order valence-electron chi connectivity index (χ3n) is 2.14. The highest BCUT2D eigenvalue weighted by atomic mass is 16.4. The van der Waals surface area contributed by atoms with E-state index in [0.717, 1.165) is 18.5 Å². The Labute approximate surface area is 69.0 Å². The average molecular weight is 167 g/mol. The monoisotopic (exact) mass is 167 g/mol. The van der Waals surface area contributed by atoms with Gasteiger partial charge in [-0.25, -0.2) is 9.48 Å². The first-order valence-corrected chi connectivity index (χ1v) is 3.91. The summed E-state index contributed by atoms with van der Waals surface area (Å²) in [4.78, 5) is 10.7. The van der Waals surface area contributed by atoms with Crippen LogP contribution in [-0.4, -0.2) is 26.1 Å². The Morgan fingerprint density at radius 3 is 3.33 bits per heavy atom. The van der Waals surface area contributed by atoms with Crippen LogP contribution in [0.3, 0.4) is 0 Å². The molecule has 1 aliphatic rings. The van der Waals surface area contributed by atoms with Crippen molar-refractivity contribution >= 4 is 5.97 Å². The third kappa shape index (κ3) is 0.975. The lowest BCUT2D eigenvalue weighted by molar-refractivity contribution is -0.141. The van der Waals surface area contributed by atoms with Crippen LogP contribution in [0.5, 0.6) is 0 Å². The standard InChI is InChI=1S/C7H9N3O2/c11-7(12)6-3-1-2-5-4-8-9-10(5)6/h4,6H,1-3H2,(H,11,12)/t6-/m0/s1. The van der Waals surface area contributed by atoms with E-state index in [-0.39, 0.29) is 0 Å². The molecule has 1 N–H and O–H groups in total. The number of carbonyl (C=O) groups is 1. The first-order valence-electron chi connectivity index (χ1n) is 3.91. The maximum absolute atomic E-state index is 10.7. The summed E-state index contributed by atoms with van der Waals surface area (Å²) in [6, 6.07) is -0.503. The largest absolute Gasteiger partial charge is 0.480 e. The number of aromatic nitrogens is 3. The zero-order valence-corrected chi connectivity index (χ0v) is 6.47. The molecule has 0 bridgehead atoms. The van der Waals surface area contributed by atoms with Gasteiger partial charge in [0.2, 0.25) is 0 Å². The quantitative estimate of drug-likeness (QED) is 0.650. The van der Waals surface area contributed by atoms with E-state index < -0.39 is 12.0 Å². The molecule has 2 heterocycles. The number of hydrogen-bond donors (Lipinski definition) is 1. The average Bonchev–Trinajstić information content (AvgIpc) is 2.49. The van der Waals surface area contributed by atoms with Crippen LogP contribution in [0.1, 0.15) is 24.6 Å². The van der Waals surface area contributed by atoms with E-state index in [1.54, 1.807) is 6.20 Å². The van der Waals surface area contributed by atoms with Gasteiger partial charge in [0.05, 0.1) is 11.9 Å². The Bertz CT molecular complexity index is 307. The number of aliphatic carboxylic acids is 1. The summed E-state index contributed by atoms with van der Waals surface area (Å²) in [5.74, 6) is -0.818. The lowest BCUT2D eigenvalue weighted by Crippen LogP contribution is -2.25. The lowest BCUT2D eigenvalue weighted by atomic mass is 10.0. The van der Waals surface area contributed by atoms with Crippen molar-refractivity contribution < 1.29 is 9.90 Å². The van der Waals surface area contributed by atoms with Crippen molar-refractivity contribution in [2.45, 2.75) is 25.3 Å². The number of carboxylic acid groups (broad SMARTS) is 1. The summed E-state index contributed by atoms with van der Waals surface area (Å²) < 4.78 is 1.51. The second-order valence-electron chi connectivity index (χ2n) is 2.92. The van der Waals surface area contributed by atoms with Gasteiger partial charge in [-0.1, -0.05) is 5.21 Å². The molecule has 0 saturated carbocycles. The highest BCUT2D eigenvalue weighted by molar-refractivity contribution is 5.71. The highest BCUT2D eigenvalue weighted by Crippen LogP contribution is 2.22. The molecule has 0 fully saturated rings. The molecule has 64 valence electrons. The van der Waals surface area contributed by atoms with E-state index in [2.05, 4.69) is 10.3 Å². The van der Waals surface area contributed by atoms with E-state index in [9.17, 15) is 4.79 Å². The number of rotatable bonds is 1. The third-order valence-corrected chi connectivity index (χ3v) is 2.14. The number of carboxylic acids is 1. The molecule has 12 heavy (non-hydrogen) atoms. The van der Waals surface area contributed by atoms with Crippen molar-refractivity contribution in [3.8, 4) is 0 Å². The van der Waals surface area contributed by atoms with Gasteiger partial charge in [0.15, 0.2) is 6.04 Å². The van der Waals surface area contributed by atoms with Crippen LogP contribution < -0.4 is 0 Å². The fourth-order valence-corrected chi connectivity index (χ4v) is 1.53. The van der Waals surface area contributed by atoms with Gasteiger partial charge in [-0.2, -0.15) is 0 Å². The highest BCUT2D eigenvalue weighted by Gasteiger charge is 2.26. The molecule has 0 aromatic carbocycles. The molecule has 1 atom stereocenters. The molecular weight excluding hydrogens is 158 g/mol. The van der Waals surface area contributed by atoms with Gasteiger partial charge in [-0.15, -0.1) is 5.10 Å². The normalized spacial score (nSPS) is 21.8. The SMILES string of the molecule is O=C(O)[C@@H]1CCCc2cnnn21. The van der Waals surface area contributed by atoms with E-state index in [1.807, 2.05) is 0 Å². The first kappa shape index (κ1) is 7.27. The molecular formula is C7H9N3O2. The lowest BCUT2D eigenvalue weighted by Gasteiger charge is -2.19. The molecule has 0 aliphatic carbocycles. The predicted octanol–water partition coefficient (Wildman–Crippen LogP) is 0.240. The Morgan fingerprint density at radius 1 is 1.75 bits per heavy atom. The summed E-state index contributed by atoms with van der Waals surface area (Å²) in [6.45, 7) is 0. The molecule has 1 aromatic rings. The van der Waals surface area contributed by atoms with Gasteiger partial charge >= 0.3 is 5.97 Å². The van der Waals surface area contributed by atoms with Gasteiger partial charge < -0.3 is 5.11 Å². The maximum Gasteiger partial charge on any atom is 0.328 e. The molecule has 0 radical (unpaired) electrons. The molecule has 5 heteroatoms. The Balaban J connectivity index is 2.37. The number of hydrogen-bond acceptors (Lipinski definition) is 3. The van der Waals surface area contributed by atoms with Crippen LogP contribution in [0.15, 0.2) is 6.20 Å². The predicted molar refractivity (Wildman–Crippen MR) is 39.6 cm³/mol. The summed E-state index contributed by atoms with van der Waals surface area (Å²) in [7, 11) is 0. The molecule has 1 aliphatic heterocycles. The Hall–Kier alpha value is -1.39. The van der Waals surface area contributed by atoms with Gasteiger partial charge in [-0.3, -0.25) is 0 Å². The zero-order chi connectivity index (χ0) is 8.55. The summed E-state index contributed by atoms with van der Waals surface area (Å²) in [5.41, 5.74) is 0.925. The minimum absolute atomic E-state index is 0.503. The van der Waals surface area contributed by atoms with E-state index in [4.69, 9.17) is 5.11 Å². The van der Waals surface area contributed by atoms with Gasteiger partial charge in [-0.05, 0) is 19.3 Å². The van der Waals surface area contributed by atoms with Crippen LogP contribution in [-0.2, 0) is 11.2 Å². The second kappa shape index (κ2) is 2.58. The molecule has 0 spiro atoms. The van der Waals surface area contributed by atoms with Gasteiger partial charge in [0.25, 0.3) is 0 Å². The van der Waals surface area contributed by atoms with E-state index in [0.29, 0.717) is 6.42 Å². The van der Waals surface area contributed by atoms with Crippen molar-refractivity contribution in [3.05, 3.63) is 11.9 Å². The van der Waals surface area contributed by atoms with Crippen LogP contribution in [0.2, 0.25) is 0 Å². The number of nitrogens with zero attached hydrogens (tertiary/aromatic N) is 3. The van der Waals surface area contributed by atoms with Crippen molar-refractivity contribution in [1.29, 1.82) is 0 Å². The summed E-state index contributed by atoms with van der Waals surface area (Å²) >= 11 is 0. The Morgan fingerprint density at radius 2 is 2.58 bits per heavy atom. The van der Waals surface area contributed by atoms with Crippen LogP contribution in [0.25, 0.3) is 0 Å². The molecule has 0 unspecified atom stereocenters. The topological polar surface area (TPSA) is 68.0 Å². The number of fused-ring (bicyclic) bond motifs is 1. The van der Waals surface area contributed by atoms with Crippen molar-refractivity contribution in [3.63, 3.8) is 0 Å². The minimum Gasteiger partial charge on any atom is -0.480 e. The fourth-order valence-electron chi connectivity index (χ4n) is 1.53. The van der Waals surface area contributed by atoms with Crippen LogP contribution in [0.4, 0.5) is 0 Å². The molecule has 5 nitrogen and oxygen atoms in total. The smallest absolute Gasteiger partial charge is 0.328 e. The first-order chi connectivity index (χ1) is 5.79. The molecule has 2 rings (SSSR count). The summed E-state index contributed by atoms with van der Waals surface area (Å²) in [6.07, 6.45) is 4.09. The van der Waals surface area contributed by atoms with Gasteiger partial charge in [0.1, 0.15) is 0 Å². The van der Waals surface area contributed by atoms with Crippen molar-refractivity contribution in [1.82, 2.24) is 15.0 Å². The summed E-state index contributed by atoms with van der Waals surface area (Å²) in [5, 5.41) is 16.2. The maximum atomic E-state index is 10.7. The van der Waals surface area contributed by atoms with Gasteiger partial charge in [0, 0.05) is 0 Å².